The first kappa shape index (κ1) is 14.4. The van der Waals surface area contributed by atoms with Crippen LogP contribution in [0.25, 0.3) is 0 Å². The minimum atomic E-state index is -1.26. The number of aromatic carboxylic acids is 1. The van der Waals surface area contributed by atoms with E-state index in [0.29, 0.717) is 0 Å². The summed E-state index contributed by atoms with van der Waals surface area (Å²) in [5, 5.41) is 9.08. The highest BCUT2D eigenvalue weighted by molar-refractivity contribution is 6.11. The Morgan fingerprint density at radius 2 is 1.76 bits per heavy atom. The van der Waals surface area contributed by atoms with Crippen LogP contribution in [0.1, 0.15) is 26.7 Å². The fourth-order valence-corrected chi connectivity index (χ4v) is 1.58. The van der Waals surface area contributed by atoms with Crippen molar-refractivity contribution in [3.05, 3.63) is 41.5 Å². The molecule has 0 fully saturated rings. The Kier molecular flexibility index (Phi) is 4.07. The van der Waals surface area contributed by atoms with Crippen LogP contribution in [0.2, 0.25) is 0 Å². The van der Waals surface area contributed by atoms with Crippen LogP contribution in [0.5, 0.6) is 11.8 Å². The van der Waals surface area contributed by atoms with E-state index in [1.165, 1.54) is 38.6 Å². The number of carboxylic acid groups (broad SMARTS) is 1. The van der Waals surface area contributed by atoms with Gasteiger partial charge in [-0.3, -0.25) is 9.78 Å². The fraction of sp³-hybridized carbons (Fsp3) is 0.154. The van der Waals surface area contributed by atoms with Crippen molar-refractivity contribution in [1.29, 1.82) is 0 Å². The Balaban J connectivity index is 2.52. The Morgan fingerprint density at radius 3 is 2.29 bits per heavy atom. The Bertz CT molecular complexity index is 680. The summed E-state index contributed by atoms with van der Waals surface area (Å²) in [6, 6.07) is 4.10. The number of pyridine rings is 1. The second-order valence-electron chi connectivity index (χ2n) is 3.81. The van der Waals surface area contributed by atoms with Crippen LogP contribution >= 0.6 is 0 Å². The van der Waals surface area contributed by atoms with Gasteiger partial charge in [0, 0.05) is 6.20 Å². The second-order valence-corrected chi connectivity index (χ2v) is 3.81. The van der Waals surface area contributed by atoms with Gasteiger partial charge in [0.15, 0.2) is 0 Å². The summed E-state index contributed by atoms with van der Waals surface area (Å²) in [6.07, 6.45) is 1.32. The summed E-state index contributed by atoms with van der Waals surface area (Å²) in [6.45, 7) is 0. The van der Waals surface area contributed by atoms with E-state index in [-0.39, 0.29) is 28.8 Å². The summed E-state index contributed by atoms with van der Waals surface area (Å²) in [7, 11) is 2.75. The summed E-state index contributed by atoms with van der Waals surface area (Å²) in [5.74, 6) is -2.00. The molecule has 21 heavy (non-hydrogen) atoms. The maximum atomic E-state index is 12.3. The fourth-order valence-electron chi connectivity index (χ4n) is 1.58. The highest BCUT2D eigenvalue weighted by atomic mass is 16.5. The highest BCUT2D eigenvalue weighted by Crippen LogP contribution is 2.17. The van der Waals surface area contributed by atoms with Gasteiger partial charge in [0.05, 0.1) is 25.8 Å². The molecule has 2 heterocycles. The normalized spacial score (nSPS) is 10.0. The SMILES string of the molecule is COc1cc(OC)nc(C(=O)c2ncccc2C(=O)O)n1. The summed E-state index contributed by atoms with van der Waals surface area (Å²) < 4.78 is 9.88. The number of carboxylic acids is 1. The molecule has 0 aliphatic heterocycles. The minimum absolute atomic E-state index is 0.123. The van der Waals surface area contributed by atoms with E-state index in [4.69, 9.17) is 14.6 Å². The molecule has 108 valence electrons. The first-order valence-corrected chi connectivity index (χ1v) is 5.77. The number of hydrogen-bond acceptors (Lipinski definition) is 7. The van der Waals surface area contributed by atoms with E-state index < -0.39 is 11.8 Å². The molecule has 1 N–H and O–H groups in total. The quantitative estimate of drug-likeness (QED) is 0.805. The lowest BCUT2D eigenvalue weighted by molar-refractivity contribution is 0.0692. The van der Waals surface area contributed by atoms with E-state index in [9.17, 15) is 9.59 Å². The molecule has 0 unspecified atom stereocenters. The number of ketones is 1. The zero-order valence-corrected chi connectivity index (χ0v) is 11.2. The number of methoxy groups -OCH3 is 2. The molecule has 0 aliphatic carbocycles. The van der Waals surface area contributed by atoms with Crippen LogP contribution in [0, 0.1) is 0 Å². The maximum Gasteiger partial charge on any atom is 0.338 e. The van der Waals surface area contributed by atoms with Gasteiger partial charge in [-0.05, 0) is 12.1 Å². The van der Waals surface area contributed by atoms with Crippen molar-refractivity contribution in [2.75, 3.05) is 14.2 Å². The van der Waals surface area contributed by atoms with Gasteiger partial charge in [-0.1, -0.05) is 0 Å². The molecule has 8 heteroatoms. The molecule has 0 aromatic carbocycles. The van der Waals surface area contributed by atoms with Gasteiger partial charge in [0.25, 0.3) is 0 Å². The van der Waals surface area contributed by atoms with Crippen molar-refractivity contribution in [1.82, 2.24) is 15.0 Å². The van der Waals surface area contributed by atoms with Gasteiger partial charge in [-0.15, -0.1) is 0 Å². The van der Waals surface area contributed by atoms with Gasteiger partial charge in [0.1, 0.15) is 5.69 Å². The van der Waals surface area contributed by atoms with Crippen molar-refractivity contribution in [2.45, 2.75) is 0 Å². The first-order valence-electron chi connectivity index (χ1n) is 5.77. The van der Waals surface area contributed by atoms with E-state index in [1.807, 2.05) is 0 Å². The molecule has 0 amide bonds. The average molecular weight is 289 g/mol. The van der Waals surface area contributed by atoms with Gasteiger partial charge in [-0.2, -0.15) is 9.97 Å². The van der Waals surface area contributed by atoms with E-state index in [2.05, 4.69) is 15.0 Å². The predicted molar refractivity (Wildman–Crippen MR) is 69.8 cm³/mol. The van der Waals surface area contributed by atoms with E-state index in [1.54, 1.807) is 0 Å². The Labute approximate surface area is 119 Å². The lowest BCUT2D eigenvalue weighted by Crippen LogP contribution is -2.15. The van der Waals surface area contributed by atoms with E-state index in [0.717, 1.165) is 0 Å². The maximum absolute atomic E-state index is 12.3. The molecule has 0 saturated carbocycles. The predicted octanol–water partition coefficient (Wildman–Crippen LogP) is 0.818. The third kappa shape index (κ3) is 2.94. The largest absolute Gasteiger partial charge is 0.481 e. The molecule has 2 aromatic heterocycles. The molecular formula is C13H11N3O5. The number of hydrogen-bond donors (Lipinski definition) is 1. The standard InChI is InChI=1S/C13H11N3O5/c1-20-8-6-9(21-2)16-12(15-8)11(17)10-7(13(18)19)4-3-5-14-10/h3-6H,1-2H3,(H,18,19). The highest BCUT2D eigenvalue weighted by Gasteiger charge is 2.22. The molecule has 8 nitrogen and oxygen atoms in total. The summed E-state index contributed by atoms with van der Waals surface area (Å²) in [4.78, 5) is 35.0. The number of carbonyl (C=O) groups is 2. The van der Waals surface area contributed by atoms with Crippen LogP contribution in [0.4, 0.5) is 0 Å². The molecule has 0 spiro atoms. The zero-order chi connectivity index (χ0) is 15.4. The molecular weight excluding hydrogens is 278 g/mol. The molecule has 2 aromatic rings. The first-order chi connectivity index (χ1) is 10.1. The van der Waals surface area contributed by atoms with Crippen molar-refractivity contribution in [2.24, 2.45) is 0 Å². The van der Waals surface area contributed by atoms with Gasteiger partial charge >= 0.3 is 5.97 Å². The summed E-state index contributed by atoms with van der Waals surface area (Å²) in [5.41, 5.74) is -0.479. The van der Waals surface area contributed by atoms with Gasteiger partial charge in [0.2, 0.25) is 23.4 Å². The third-order valence-electron chi connectivity index (χ3n) is 2.55. The second kappa shape index (κ2) is 5.95. The zero-order valence-electron chi connectivity index (χ0n) is 11.2. The van der Waals surface area contributed by atoms with Crippen LogP contribution in [-0.4, -0.2) is 46.0 Å². The molecule has 0 radical (unpaired) electrons. The number of ether oxygens (including phenoxy) is 2. The lowest BCUT2D eigenvalue weighted by Gasteiger charge is -2.06. The topological polar surface area (TPSA) is 112 Å². The monoisotopic (exact) mass is 289 g/mol. The number of carbonyl (C=O) groups excluding carboxylic acids is 1. The molecule has 0 aliphatic rings. The molecule has 2 rings (SSSR count). The lowest BCUT2D eigenvalue weighted by atomic mass is 10.1. The summed E-state index contributed by atoms with van der Waals surface area (Å²) >= 11 is 0. The number of rotatable bonds is 5. The average Bonchev–Trinajstić information content (AvgIpc) is 2.53. The molecule has 0 atom stereocenters. The van der Waals surface area contributed by atoms with Crippen molar-refractivity contribution in [3.63, 3.8) is 0 Å². The van der Waals surface area contributed by atoms with E-state index >= 15 is 0 Å². The van der Waals surface area contributed by atoms with Crippen LogP contribution in [0.15, 0.2) is 24.4 Å². The van der Waals surface area contributed by atoms with Crippen LogP contribution < -0.4 is 9.47 Å². The van der Waals surface area contributed by atoms with Gasteiger partial charge in [-0.25, -0.2) is 4.79 Å². The Morgan fingerprint density at radius 1 is 1.14 bits per heavy atom. The minimum Gasteiger partial charge on any atom is -0.481 e. The number of nitrogens with zero attached hydrogens (tertiary/aromatic N) is 3. The molecule has 0 saturated heterocycles. The van der Waals surface area contributed by atoms with Crippen molar-refractivity contribution < 1.29 is 24.2 Å². The Hall–Kier alpha value is -3.03. The van der Waals surface area contributed by atoms with Crippen LogP contribution in [-0.2, 0) is 0 Å². The smallest absolute Gasteiger partial charge is 0.338 e. The van der Waals surface area contributed by atoms with Crippen molar-refractivity contribution in [3.8, 4) is 11.8 Å². The third-order valence-corrected chi connectivity index (χ3v) is 2.55. The van der Waals surface area contributed by atoms with Crippen LogP contribution in [0.3, 0.4) is 0 Å². The molecule has 0 bridgehead atoms. The number of aromatic nitrogens is 3. The van der Waals surface area contributed by atoms with Gasteiger partial charge < -0.3 is 14.6 Å². The van der Waals surface area contributed by atoms with Crippen molar-refractivity contribution >= 4 is 11.8 Å².